The number of carboxylic acids is 1. The molecule has 0 radical (unpaired) electrons. The topological polar surface area (TPSA) is 81.7 Å². The Labute approximate surface area is 88.6 Å². The van der Waals surface area contributed by atoms with Gasteiger partial charge in [-0.25, -0.2) is 9.80 Å². The van der Waals surface area contributed by atoms with Crippen molar-refractivity contribution >= 4 is 12.0 Å². The van der Waals surface area contributed by atoms with E-state index in [2.05, 4.69) is 10.7 Å². The molecule has 1 unspecified atom stereocenters. The molecule has 0 aromatic rings. The van der Waals surface area contributed by atoms with E-state index in [1.54, 1.807) is 0 Å². The lowest BCUT2D eigenvalue weighted by Crippen LogP contribution is -2.52. The summed E-state index contributed by atoms with van der Waals surface area (Å²) in [6, 6.07) is -1.32. The molecule has 1 aliphatic heterocycles. The van der Waals surface area contributed by atoms with Gasteiger partial charge in [-0.05, 0) is 19.8 Å². The highest BCUT2D eigenvalue weighted by Gasteiger charge is 2.16. The molecule has 86 valence electrons. The highest BCUT2D eigenvalue weighted by atomic mass is 16.4. The number of amides is 2. The molecule has 0 aromatic heterocycles. The van der Waals surface area contributed by atoms with E-state index in [-0.39, 0.29) is 0 Å². The first kappa shape index (κ1) is 11.8. The van der Waals surface area contributed by atoms with Crippen LogP contribution in [0.15, 0.2) is 0 Å². The van der Waals surface area contributed by atoms with Gasteiger partial charge >= 0.3 is 12.0 Å². The van der Waals surface area contributed by atoms with Gasteiger partial charge in [0.2, 0.25) is 0 Å². The van der Waals surface area contributed by atoms with E-state index in [1.165, 1.54) is 13.3 Å². The number of carbonyl (C=O) groups is 2. The Kier molecular flexibility index (Phi) is 4.36. The highest BCUT2D eigenvalue weighted by Crippen LogP contribution is 2.05. The minimum atomic E-state index is -1.04. The maximum absolute atomic E-state index is 11.3. The summed E-state index contributed by atoms with van der Waals surface area (Å²) in [5.41, 5.74) is 2.62. The lowest BCUT2D eigenvalue weighted by Gasteiger charge is -2.27. The third kappa shape index (κ3) is 4.16. The van der Waals surface area contributed by atoms with Crippen molar-refractivity contribution in [2.75, 3.05) is 13.1 Å². The molecule has 1 fully saturated rings. The smallest absolute Gasteiger partial charge is 0.330 e. The molecule has 6 nitrogen and oxygen atoms in total. The van der Waals surface area contributed by atoms with Gasteiger partial charge in [-0.3, -0.25) is 10.2 Å². The van der Waals surface area contributed by atoms with E-state index in [9.17, 15) is 9.59 Å². The van der Waals surface area contributed by atoms with Crippen LogP contribution in [0.1, 0.15) is 26.2 Å². The maximum atomic E-state index is 11.3. The SMILES string of the molecule is CC(NC(=O)NN1CCCCC1)C(=O)O. The van der Waals surface area contributed by atoms with Gasteiger partial charge in [0.05, 0.1) is 0 Å². The van der Waals surface area contributed by atoms with Gasteiger partial charge in [0.25, 0.3) is 0 Å². The summed E-state index contributed by atoms with van der Waals surface area (Å²) in [5.74, 6) is -1.04. The average Bonchev–Trinajstić information content (AvgIpc) is 2.18. The molecule has 6 heteroatoms. The van der Waals surface area contributed by atoms with E-state index in [4.69, 9.17) is 5.11 Å². The molecule has 1 heterocycles. The van der Waals surface area contributed by atoms with Gasteiger partial charge in [0.1, 0.15) is 6.04 Å². The molecule has 0 saturated carbocycles. The molecule has 1 saturated heterocycles. The lowest BCUT2D eigenvalue weighted by molar-refractivity contribution is -0.138. The number of nitrogens with zero attached hydrogens (tertiary/aromatic N) is 1. The molecule has 15 heavy (non-hydrogen) atoms. The monoisotopic (exact) mass is 215 g/mol. The average molecular weight is 215 g/mol. The van der Waals surface area contributed by atoms with E-state index in [1.807, 2.05) is 5.01 Å². The molecule has 0 aromatic carbocycles. The predicted molar refractivity (Wildman–Crippen MR) is 54.2 cm³/mol. The standard InChI is InChI=1S/C9H17N3O3/c1-7(8(13)14)10-9(15)11-12-5-3-2-4-6-12/h7H,2-6H2,1H3,(H,13,14)(H2,10,11,15). The van der Waals surface area contributed by atoms with Crippen molar-refractivity contribution in [3.63, 3.8) is 0 Å². The van der Waals surface area contributed by atoms with Crippen molar-refractivity contribution in [2.45, 2.75) is 32.2 Å². The van der Waals surface area contributed by atoms with Crippen molar-refractivity contribution in [2.24, 2.45) is 0 Å². The fraction of sp³-hybridized carbons (Fsp3) is 0.778. The van der Waals surface area contributed by atoms with Crippen molar-refractivity contribution in [1.82, 2.24) is 15.8 Å². The second-order valence-corrected chi connectivity index (χ2v) is 3.69. The van der Waals surface area contributed by atoms with Crippen LogP contribution >= 0.6 is 0 Å². The number of piperidine rings is 1. The van der Waals surface area contributed by atoms with Crippen LogP contribution in [0.5, 0.6) is 0 Å². The van der Waals surface area contributed by atoms with Crippen LogP contribution in [-0.4, -0.2) is 41.2 Å². The largest absolute Gasteiger partial charge is 0.480 e. The van der Waals surface area contributed by atoms with Crippen LogP contribution < -0.4 is 10.7 Å². The Balaban J connectivity index is 2.25. The number of urea groups is 1. The summed E-state index contributed by atoms with van der Waals surface area (Å²) in [4.78, 5) is 21.8. The minimum Gasteiger partial charge on any atom is -0.480 e. The molecular weight excluding hydrogens is 198 g/mol. The summed E-state index contributed by atoms with van der Waals surface area (Å²) in [5, 5.41) is 12.7. The fourth-order valence-electron chi connectivity index (χ4n) is 1.44. The van der Waals surface area contributed by atoms with Crippen LogP contribution in [0.3, 0.4) is 0 Å². The van der Waals surface area contributed by atoms with Crippen LogP contribution in [0, 0.1) is 0 Å². The molecule has 0 spiro atoms. The number of aliphatic carboxylic acids is 1. The van der Waals surface area contributed by atoms with Gasteiger partial charge in [0.15, 0.2) is 0 Å². The van der Waals surface area contributed by atoms with E-state index in [0.717, 1.165) is 25.9 Å². The Morgan fingerprint density at radius 3 is 2.40 bits per heavy atom. The summed E-state index contributed by atoms with van der Waals surface area (Å²) >= 11 is 0. The van der Waals surface area contributed by atoms with Gasteiger partial charge in [-0.1, -0.05) is 6.42 Å². The van der Waals surface area contributed by atoms with Crippen LogP contribution in [0.25, 0.3) is 0 Å². The number of hydrazine groups is 1. The van der Waals surface area contributed by atoms with Gasteiger partial charge in [-0.2, -0.15) is 0 Å². The van der Waals surface area contributed by atoms with Crippen LogP contribution in [-0.2, 0) is 4.79 Å². The van der Waals surface area contributed by atoms with Crippen molar-refractivity contribution in [3.8, 4) is 0 Å². The summed E-state index contributed by atoms with van der Waals surface area (Å²) in [6.45, 7) is 3.09. The molecule has 0 aliphatic carbocycles. The third-order valence-corrected chi connectivity index (χ3v) is 2.33. The van der Waals surface area contributed by atoms with Gasteiger partial charge < -0.3 is 10.4 Å². The zero-order valence-corrected chi connectivity index (χ0v) is 8.82. The lowest BCUT2D eigenvalue weighted by atomic mass is 10.2. The number of carbonyl (C=O) groups excluding carboxylic acids is 1. The minimum absolute atomic E-state index is 0.452. The quantitative estimate of drug-likeness (QED) is 0.626. The number of carboxylic acid groups (broad SMARTS) is 1. The zero-order valence-electron chi connectivity index (χ0n) is 8.82. The molecule has 2 amide bonds. The summed E-state index contributed by atoms with van der Waals surface area (Å²) in [6.07, 6.45) is 3.31. The fourth-order valence-corrected chi connectivity index (χ4v) is 1.44. The number of nitrogens with one attached hydrogen (secondary N) is 2. The Morgan fingerprint density at radius 1 is 1.27 bits per heavy atom. The molecule has 1 atom stereocenters. The summed E-state index contributed by atoms with van der Waals surface area (Å²) in [7, 11) is 0. The molecule has 0 bridgehead atoms. The van der Waals surface area contributed by atoms with E-state index < -0.39 is 18.0 Å². The molecule has 3 N–H and O–H groups in total. The normalized spacial score (nSPS) is 19.3. The first-order chi connectivity index (χ1) is 7.09. The third-order valence-electron chi connectivity index (χ3n) is 2.33. The number of rotatable bonds is 3. The second kappa shape index (κ2) is 5.55. The Morgan fingerprint density at radius 2 is 1.87 bits per heavy atom. The zero-order chi connectivity index (χ0) is 11.3. The number of hydrogen-bond donors (Lipinski definition) is 3. The first-order valence-corrected chi connectivity index (χ1v) is 5.14. The molecule has 1 rings (SSSR count). The first-order valence-electron chi connectivity index (χ1n) is 5.14. The highest BCUT2D eigenvalue weighted by molar-refractivity contribution is 5.81. The summed E-state index contributed by atoms with van der Waals surface area (Å²) < 4.78 is 0. The predicted octanol–water partition coefficient (Wildman–Crippen LogP) is 0.160. The van der Waals surface area contributed by atoms with Crippen molar-refractivity contribution < 1.29 is 14.7 Å². The van der Waals surface area contributed by atoms with Crippen LogP contribution in [0.4, 0.5) is 4.79 Å². The second-order valence-electron chi connectivity index (χ2n) is 3.69. The Hall–Kier alpha value is -1.30. The van der Waals surface area contributed by atoms with Crippen LogP contribution in [0.2, 0.25) is 0 Å². The molecular formula is C9H17N3O3. The van der Waals surface area contributed by atoms with Crippen molar-refractivity contribution in [1.29, 1.82) is 0 Å². The maximum Gasteiger partial charge on any atom is 0.330 e. The van der Waals surface area contributed by atoms with Gasteiger partial charge in [-0.15, -0.1) is 0 Å². The molecule has 1 aliphatic rings. The van der Waals surface area contributed by atoms with E-state index >= 15 is 0 Å². The number of hydrogen-bond acceptors (Lipinski definition) is 3. The van der Waals surface area contributed by atoms with Gasteiger partial charge in [0, 0.05) is 13.1 Å². The Bertz CT molecular complexity index is 239. The van der Waals surface area contributed by atoms with Crippen molar-refractivity contribution in [3.05, 3.63) is 0 Å². The van der Waals surface area contributed by atoms with E-state index in [0.29, 0.717) is 0 Å².